The van der Waals surface area contributed by atoms with E-state index in [1.807, 2.05) is 0 Å². The minimum absolute atomic E-state index is 0.414. The highest BCUT2D eigenvalue weighted by Crippen LogP contribution is 2.11. The largest absolute Gasteiger partial charge is 0.484 e. The van der Waals surface area contributed by atoms with Crippen molar-refractivity contribution >= 4 is 12.1 Å². The zero-order valence-electron chi connectivity index (χ0n) is 11.9. The summed E-state index contributed by atoms with van der Waals surface area (Å²) < 4.78 is 4.82. The van der Waals surface area contributed by atoms with Gasteiger partial charge in [0.05, 0.1) is 13.3 Å². The van der Waals surface area contributed by atoms with E-state index < -0.39 is 0 Å². The quantitative estimate of drug-likeness (QED) is 0.276. The van der Waals surface area contributed by atoms with Crippen molar-refractivity contribution in [3.05, 3.63) is 0 Å². The summed E-state index contributed by atoms with van der Waals surface area (Å²) in [7, 11) is 1.57. The van der Waals surface area contributed by atoms with Crippen LogP contribution in [0.3, 0.4) is 0 Å². The molecule has 18 heavy (non-hydrogen) atoms. The first-order valence-corrected chi connectivity index (χ1v) is 7.32. The van der Waals surface area contributed by atoms with E-state index in [1.54, 1.807) is 7.11 Å². The molecule has 3 nitrogen and oxygen atoms in total. The van der Waals surface area contributed by atoms with E-state index in [-0.39, 0.29) is 0 Å². The molecule has 0 aliphatic heterocycles. The Hall–Kier alpha value is -0.860. The maximum absolute atomic E-state index is 7.34. The average molecular weight is 253 g/mol. The molecule has 105 valence electrons. The van der Waals surface area contributed by atoms with Gasteiger partial charge in [-0.2, -0.15) is 0 Å². The SMILES string of the molecule is COC(=N)CCCCCCCCCCCC[C]=N. The van der Waals surface area contributed by atoms with Crippen LogP contribution in [0.2, 0.25) is 0 Å². The van der Waals surface area contributed by atoms with Crippen LogP contribution in [-0.2, 0) is 4.74 Å². The van der Waals surface area contributed by atoms with Gasteiger partial charge in [0.25, 0.3) is 0 Å². The molecule has 0 heterocycles. The van der Waals surface area contributed by atoms with Gasteiger partial charge in [0.15, 0.2) is 5.90 Å². The molecule has 2 N–H and O–H groups in total. The Balaban J connectivity index is 2.98. The summed E-state index contributed by atoms with van der Waals surface area (Å²) in [6.07, 6.45) is 16.7. The summed E-state index contributed by atoms with van der Waals surface area (Å²) in [4.78, 5) is 0. The lowest BCUT2D eigenvalue weighted by molar-refractivity contribution is 0.382. The molecule has 3 heteroatoms. The predicted octanol–water partition coefficient (Wildman–Crippen LogP) is 4.82. The van der Waals surface area contributed by atoms with Crippen molar-refractivity contribution in [3.63, 3.8) is 0 Å². The first-order chi connectivity index (χ1) is 8.81. The second-order valence-corrected chi connectivity index (χ2v) is 4.84. The van der Waals surface area contributed by atoms with Gasteiger partial charge in [-0.3, -0.25) is 5.41 Å². The number of hydrogen-bond donors (Lipinski definition) is 2. The Morgan fingerprint density at radius 1 is 0.833 bits per heavy atom. The van der Waals surface area contributed by atoms with Crippen molar-refractivity contribution in [2.45, 2.75) is 77.0 Å². The fourth-order valence-corrected chi connectivity index (χ4v) is 2.02. The van der Waals surface area contributed by atoms with E-state index >= 15 is 0 Å². The maximum atomic E-state index is 7.34. The molecule has 0 aromatic rings. The van der Waals surface area contributed by atoms with Crippen LogP contribution in [0.5, 0.6) is 0 Å². The van der Waals surface area contributed by atoms with Gasteiger partial charge < -0.3 is 10.1 Å². The molecule has 0 spiro atoms. The van der Waals surface area contributed by atoms with E-state index in [0.29, 0.717) is 5.90 Å². The van der Waals surface area contributed by atoms with Crippen LogP contribution in [0.25, 0.3) is 0 Å². The molecule has 0 aromatic carbocycles. The Labute approximate surface area is 112 Å². The van der Waals surface area contributed by atoms with Gasteiger partial charge in [-0.25, -0.2) is 0 Å². The van der Waals surface area contributed by atoms with E-state index in [2.05, 4.69) is 6.21 Å². The van der Waals surface area contributed by atoms with Crippen molar-refractivity contribution in [2.75, 3.05) is 7.11 Å². The molecule has 1 radical (unpaired) electrons. The Kier molecular flexibility index (Phi) is 13.5. The molecule has 0 aliphatic carbocycles. The van der Waals surface area contributed by atoms with Crippen LogP contribution in [0, 0.1) is 10.8 Å². The van der Waals surface area contributed by atoms with Crippen molar-refractivity contribution < 1.29 is 4.74 Å². The summed E-state index contributed by atoms with van der Waals surface area (Å²) in [5, 5.41) is 14.1. The van der Waals surface area contributed by atoms with Crippen molar-refractivity contribution in [1.29, 1.82) is 10.8 Å². The topological polar surface area (TPSA) is 56.9 Å². The minimum atomic E-state index is 0.414. The van der Waals surface area contributed by atoms with E-state index in [1.165, 1.54) is 51.4 Å². The molecular weight excluding hydrogens is 224 g/mol. The predicted molar refractivity (Wildman–Crippen MR) is 77.9 cm³/mol. The second kappa shape index (κ2) is 14.2. The summed E-state index contributed by atoms with van der Waals surface area (Å²) >= 11 is 0. The molecule has 0 aromatic heterocycles. The fourth-order valence-electron chi connectivity index (χ4n) is 2.02. The zero-order valence-corrected chi connectivity index (χ0v) is 11.9. The third-order valence-corrected chi connectivity index (χ3v) is 3.20. The van der Waals surface area contributed by atoms with Crippen LogP contribution < -0.4 is 0 Å². The normalized spacial score (nSPS) is 10.3. The Morgan fingerprint density at radius 2 is 1.28 bits per heavy atom. The number of nitrogens with one attached hydrogen (secondary N) is 2. The van der Waals surface area contributed by atoms with Gasteiger partial charge in [0.1, 0.15) is 0 Å². The molecule has 0 atom stereocenters. The van der Waals surface area contributed by atoms with Gasteiger partial charge in [0, 0.05) is 6.42 Å². The van der Waals surface area contributed by atoms with Gasteiger partial charge in [-0.05, 0) is 19.3 Å². The zero-order chi connectivity index (χ0) is 13.5. The number of hydrogen-bond acceptors (Lipinski definition) is 3. The smallest absolute Gasteiger partial charge is 0.180 e. The van der Waals surface area contributed by atoms with E-state index in [9.17, 15) is 0 Å². The van der Waals surface area contributed by atoms with Gasteiger partial charge >= 0.3 is 0 Å². The number of ether oxygens (including phenoxy) is 1. The summed E-state index contributed by atoms with van der Waals surface area (Å²) in [6.45, 7) is 0. The molecule has 0 saturated carbocycles. The van der Waals surface area contributed by atoms with Crippen molar-refractivity contribution in [3.8, 4) is 0 Å². The fraction of sp³-hybridized carbons (Fsp3) is 0.867. The van der Waals surface area contributed by atoms with Gasteiger partial charge in [0.2, 0.25) is 0 Å². The summed E-state index contributed by atoms with van der Waals surface area (Å²) in [5.74, 6) is 0.414. The Bertz CT molecular complexity index is 205. The summed E-state index contributed by atoms with van der Waals surface area (Å²) in [5.41, 5.74) is 0. The van der Waals surface area contributed by atoms with E-state index in [4.69, 9.17) is 15.6 Å². The molecule has 0 saturated heterocycles. The highest BCUT2D eigenvalue weighted by Gasteiger charge is 1.96. The van der Waals surface area contributed by atoms with Crippen LogP contribution >= 0.6 is 0 Å². The van der Waals surface area contributed by atoms with Crippen molar-refractivity contribution in [1.82, 2.24) is 0 Å². The molecular formula is C15H29N2O. The molecule has 0 fully saturated rings. The van der Waals surface area contributed by atoms with Gasteiger partial charge in [-0.1, -0.05) is 51.4 Å². The number of unbranched alkanes of at least 4 members (excludes halogenated alkanes) is 10. The van der Waals surface area contributed by atoms with Crippen LogP contribution in [0.4, 0.5) is 0 Å². The average Bonchev–Trinajstić information content (AvgIpc) is 2.39. The van der Waals surface area contributed by atoms with Crippen LogP contribution in [0.15, 0.2) is 0 Å². The maximum Gasteiger partial charge on any atom is 0.180 e. The lowest BCUT2D eigenvalue weighted by Crippen LogP contribution is -1.97. The first-order valence-electron chi connectivity index (χ1n) is 7.32. The Morgan fingerprint density at radius 3 is 1.72 bits per heavy atom. The molecule has 0 unspecified atom stereocenters. The lowest BCUT2D eigenvalue weighted by Gasteiger charge is -2.03. The molecule has 0 aliphatic rings. The monoisotopic (exact) mass is 253 g/mol. The molecule has 0 amide bonds. The van der Waals surface area contributed by atoms with Crippen LogP contribution in [-0.4, -0.2) is 19.2 Å². The number of methoxy groups -OCH3 is 1. The molecule has 0 bridgehead atoms. The standard InChI is InChI=1S/C15H29N2O/c1-18-15(17)13-11-9-7-5-3-2-4-6-8-10-12-14-16/h16-17H,2-13H2,1H3. The second-order valence-electron chi connectivity index (χ2n) is 4.84. The first kappa shape index (κ1) is 17.1. The third kappa shape index (κ3) is 13.2. The lowest BCUT2D eigenvalue weighted by atomic mass is 10.1. The van der Waals surface area contributed by atoms with Crippen molar-refractivity contribution in [2.24, 2.45) is 0 Å². The highest BCUT2D eigenvalue weighted by molar-refractivity contribution is 5.72. The highest BCUT2D eigenvalue weighted by atomic mass is 16.5. The molecule has 0 rings (SSSR count). The number of rotatable bonds is 13. The van der Waals surface area contributed by atoms with Crippen LogP contribution in [0.1, 0.15) is 77.0 Å². The van der Waals surface area contributed by atoms with Gasteiger partial charge in [-0.15, -0.1) is 0 Å². The summed E-state index contributed by atoms with van der Waals surface area (Å²) in [6, 6.07) is 0. The van der Waals surface area contributed by atoms with E-state index in [0.717, 1.165) is 25.7 Å². The third-order valence-electron chi connectivity index (χ3n) is 3.20. The minimum Gasteiger partial charge on any atom is -0.484 e.